The summed E-state index contributed by atoms with van der Waals surface area (Å²) in [4.78, 5) is 11.4. The van der Waals surface area contributed by atoms with E-state index in [2.05, 4.69) is 5.32 Å². The number of hydrogen-bond acceptors (Lipinski definition) is 2. The van der Waals surface area contributed by atoms with Gasteiger partial charge >= 0.3 is 0 Å². The topological polar surface area (TPSA) is 38.3 Å². The summed E-state index contributed by atoms with van der Waals surface area (Å²) < 4.78 is 44.1. The maximum Gasteiger partial charge on any atom is 0.263 e. The van der Waals surface area contributed by atoms with Gasteiger partial charge in [0, 0.05) is 19.2 Å². The first-order chi connectivity index (χ1) is 7.77. The molecule has 0 saturated heterocycles. The molecule has 17 heavy (non-hydrogen) atoms. The Morgan fingerprint density at radius 3 is 2.12 bits per heavy atom. The summed E-state index contributed by atoms with van der Waals surface area (Å²) in [5.74, 6) is -4.77. The van der Waals surface area contributed by atoms with Crippen molar-refractivity contribution >= 4 is 5.91 Å². The zero-order valence-electron chi connectivity index (χ0n) is 9.61. The normalized spacial score (nSPS) is 11.2. The van der Waals surface area contributed by atoms with Crippen molar-refractivity contribution in [1.29, 1.82) is 0 Å². The number of carbonyl (C=O) groups excluding carboxylic acids is 1. The molecule has 0 aliphatic carbocycles. The van der Waals surface area contributed by atoms with Gasteiger partial charge in [0.25, 0.3) is 5.91 Å². The quantitative estimate of drug-likeness (QED) is 0.887. The standard InChI is InChI=1S/C11H12F3NO2/c1-11(2,10(16)15-3)17-9-7(13)4-6(12)5-8(9)14/h4-5H,1-3H3,(H,15,16). The molecule has 1 aromatic rings. The molecule has 0 aromatic heterocycles. The van der Waals surface area contributed by atoms with E-state index in [0.717, 1.165) is 0 Å². The number of benzene rings is 1. The fourth-order valence-corrected chi connectivity index (χ4v) is 1.23. The highest BCUT2D eigenvalue weighted by Crippen LogP contribution is 2.26. The second kappa shape index (κ2) is 4.65. The van der Waals surface area contributed by atoms with E-state index in [1.54, 1.807) is 0 Å². The summed E-state index contributed by atoms with van der Waals surface area (Å²) in [6.07, 6.45) is 0. The van der Waals surface area contributed by atoms with Crippen LogP contribution in [0, 0.1) is 17.5 Å². The number of hydrogen-bond donors (Lipinski definition) is 1. The van der Waals surface area contributed by atoms with E-state index in [4.69, 9.17) is 4.74 Å². The second-order valence-electron chi connectivity index (χ2n) is 3.89. The van der Waals surface area contributed by atoms with Crippen LogP contribution in [0.2, 0.25) is 0 Å². The lowest BCUT2D eigenvalue weighted by atomic mass is 10.1. The number of ether oxygens (including phenoxy) is 1. The van der Waals surface area contributed by atoms with Crippen molar-refractivity contribution in [2.45, 2.75) is 19.4 Å². The molecule has 0 heterocycles. The smallest absolute Gasteiger partial charge is 0.263 e. The Morgan fingerprint density at radius 1 is 1.24 bits per heavy atom. The number of likely N-dealkylation sites (N-methyl/N-ethyl adjacent to an activating group) is 1. The largest absolute Gasteiger partial charge is 0.472 e. The molecule has 0 bridgehead atoms. The molecule has 3 nitrogen and oxygen atoms in total. The molecule has 1 rings (SSSR count). The SMILES string of the molecule is CNC(=O)C(C)(C)Oc1c(F)cc(F)cc1F. The molecule has 1 amide bonds. The van der Waals surface area contributed by atoms with Gasteiger partial charge in [-0.25, -0.2) is 13.2 Å². The van der Waals surface area contributed by atoms with E-state index in [0.29, 0.717) is 12.1 Å². The number of rotatable bonds is 3. The van der Waals surface area contributed by atoms with E-state index in [1.165, 1.54) is 20.9 Å². The summed E-state index contributed by atoms with van der Waals surface area (Å²) in [5.41, 5.74) is -1.46. The van der Waals surface area contributed by atoms with Gasteiger partial charge < -0.3 is 10.1 Å². The number of amides is 1. The van der Waals surface area contributed by atoms with Crippen LogP contribution in [0.5, 0.6) is 5.75 Å². The van der Waals surface area contributed by atoms with Crippen molar-refractivity contribution < 1.29 is 22.7 Å². The van der Waals surface area contributed by atoms with E-state index in [9.17, 15) is 18.0 Å². The minimum absolute atomic E-state index is 0.484. The summed E-state index contributed by atoms with van der Waals surface area (Å²) in [6, 6.07) is 0.969. The Balaban J connectivity index is 3.07. The van der Waals surface area contributed by atoms with Gasteiger partial charge in [0.2, 0.25) is 0 Å². The first-order valence-electron chi connectivity index (χ1n) is 4.83. The monoisotopic (exact) mass is 247 g/mol. The van der Waals surface area contributed by atoms with Crippen molar-refractivity contribution in [1.82, 2.24) is 5.32 Å². The Labute approximate surface area is 96.6 Å². The molecule has 0 spiro atoms. The molecule has 0 atom stereocenters. The van der Waals surface area contributed by atoms with Crippen LogP contribution >= 0.6 is 0 Å². The fourth-order valence-electron chi connectivity index (χ4n) is 1.23. The van der Waals surface area contributed by atoms with Crippen molar-refractivity contribution in [3.8, 4) is 5.75 Å². The Hall–Kier alpha value is -1.72. The van der Waals surface area contributed by atoms with Crippen molar-refractivity contribution in [3.05, 3.63) is 29.6 Å². The minimum Gasteiger partial charge on any atom is -0.472 e. The summed E-state index contributed by atoms with van der Waals surface area (Å²) in [7, 11) is 1.37. The highest BCUT2D eigenvalue weighted by atomic mass is 19.1. The van der Waals surface area contributed by atoms with Gasteiger partial charge in [0.1, 0.15) is 5.82 Å². The first-order valence-corrected chi connectivity index (χ1v) is 4.83. The molecule has 0 unspecified atom stereocenters. The zero-order valence-corrected chi connectivity index (χ0v) is 9.61. The molecule has 0 saturated carbocycles. The summed E-state index contributed by atoms with van der Waals surface area (Å²) >= 11 is 0. The van der Waals surface area contributed by atoms with Gasteiger partial charge in [0.15, 0.2) is 23.0 Å². The van der Waals surface area contributed by atoms with Gasteiger partial charge in [-0.3, -0.25) is 4.79 Å². The molecule has 1 N–H and O–H groups in total. The molecule has 0 fully saturated rings. The van der Waals surface area contributed by atoms with Crippen LogP contribution in [0.4, 0.5) is 13.2 Å². The number of halogens is 3. The van der Waals surface area contributed by atoms with E-state index < -0.39 is 34.7 Å². The molecule has 6 heteroatoms. The lowest BCUT2D eigenvalue weighted by molar-refractivity contribution is -0.133. The molecule has 0 radical (unpaired) electrons. The average Bonchev–Trinajstić information content (AvgIpc) is 2.22. The summed E-state index contributed by atoms with van der Waals surface area (Å²) in [5, 5.41) is 2.29. The fraction of sp³-hybridized carbons (Fsp3) is 0.364. The predicted octanol–water partition coefficient (Wildman–Crippen LogP) is 2.01. The van der Waals surface area contributed by atoms with Crippen LogP contribution in [0.1, 0.15) is 13.8 Å². The van der Waals surface area contributed by atoms with Gasteiger partial charge in [-0.2, -0.15) is 0 Å². The van der Waals surface area contributed by atoms with Crippen molar-refractivity contribution in [2.24, 2.45) is 0 Å². The lowest BCUT2D eigenvalue weighted by Crippen LogP contribution is -2.45. The van der Waals surface area contributed by atoms with E-state index in [1.807, 2.05) is 0 Å². The second-order valence-corrected chi connectivity index (χ2v) is 3.89. The third-order valence-corrected chi connectivity index (χ3v) is 2.09. The first kappa shape index (κ1) is 13.3. The maximum absolute atomic E-state index is 13.3. The highest BCUT2D eigenvalue weighted by molar-refractivity contribution is 5.84. The van der Waals surface area contributed by atoms with Crippen LogP contribution in [-0.4, -0.2) is 18.6 Å². The zero-order chi connectivity index (χ0) is 13.2. The predicted molar refractivity (Wildman–Crippen MR) is 55.1 cm³/mol. The molecule has 94 valence electrons. The lowest BCUT2D eigenvalue weighted by Gasteiger charge is -2.24. The minimum atomic E-state index is -1.46. The van der Waals surface area contributed by atoms with Gasteiger partial charge in [-0.15, -0.1) is 0 Å². The maximum atomic E-state index is 13.3. The van der Waals surface area contributed by atoms with Gasteiger partial charge in [-0.1, -0.05) is 0 Å². The van der Waals surface area contributed by atoms with Crippen LogP contribution in [0.15, 0.2) is 12.1 Å². The molecule has 1 aromatic carbocycles. The highest BCUT2D eigenvalue weighted by Gasteiger charge is 2.31. The molecular weight excluding hydrogens is 235 g/mol. The molecular formula is C11H12F3NO2. The van der Waals surface area contributed by atoms with Crippen LogP contribution in [0.25, 0.3) is 0 Å². The van der Waals surface area contributed by atoms with Crippen molar-refractivity contribution in [2.75, 3.05) is 7.05 Å². The molecule has 0 aliphatic rings. The van der Waals surface area contributed by atoms with Crippen molar-refractivity contribution in [3.63, 3.8) is 0 Å². The Bertz CT molecular complexity index is 423. The summed E-state index contributed by atoms with van der Waals surface area (Å²) in [6.45, 7) is 2.68. The van der Waals surface area contributed by atoms with Crippen LogP contribution in [-0.2, 0) is 4.79 Å². The van der Waals surface area contributed by atoms with Crippen LogP contribution < -0.4 is 10.1 Å². The third-order valence-electron chi connectivity index (χ3n) is 2.09. The van der Waals surface area contributed by atoms with Crippen LogP contribution in [0.3, 0.4) is 0 Å². The van der Waals surface area contributed by atoms with Gasteiger partial charge in [-0.05, 0) is 13.8 Å². The number of carbonyl (C=O) groups is 1. The molecule has 0 aliphatic heterocycles. The Morgan fingerprint density at radius 2 is 1.71 bits per heavy atom. The Kier molecular flexibility index (Phi) is 3.65. The van der Waals surface area contributed by atoms with Gasteiger partial charge in [0.05, 0.1) is 0 Å². The van der Waals surface area contributed by atoms with E-state index in [-0.39, 0.29) is 0 Å². The third kappa shape index (κ3) is 2.89. The number of nitrogens with one attached hydrogen (secondary N) is 1. The van der Waals surface area contributed by atoms with E-state index >= 15 is 0 Å². The average molecular weight is 247 g/mol.